The molecule has 3 amide bonds. The summed E-state index contributed by atoms with van der Waals surface area (Å²) in [4.78, 5) is 25.1. The molecule has 23 heavy (non-hydrogen) atoms. The average Bonchev–Trinajstić information content (AvgIpc) is 2.55. The predicted molar refractivity (Wildman–Crippen MR) is 81.4 cm³/mol. The summed E-state index contributed by atoms with van der Waals surface area (Å²) < 4.78 is 27.2. The van der Waals surface area contributed by atoms with Crippen LogP contribution in [0, 0.1) is 17.6 Å². The number of nitrogens with zero attached hydrogens (tertiary/aromatic N) is 1. The third kappa shape index (κ3) is 4.18. The number of nitrogens with two attached hydrogens (primary N) is 1. The van der Waals surface area contributed by atoms with E-state index in [-0.39, 0.29) is 23.9 Å². The van der Waals surface area contributed by atoms with Crippen molar-refractivity contribution in [1.82, 2.24) is 10.2 Å². The zero-order valence-corrected chi connectivity index (χ0v) is 13.0. The number of amides is 3. The third-order valence-electron chi connectivity index (χ3n) is 4.16. The van der Waals surface area contributed by atoms with Gasteiger partial charge in [-0.3, -0.25) is 4.79 Å². The summed E-state index contributed by atoms with van der Waals surface area (Å²) in [7, 11) is 0. The van der Waals surface area contributed by atoms with E-state index in [1.807, 2.05) is 0 Å². The molecule has 1 aromatic rings. The first kappa shape index (κ1) is 17.2. The summed E-state index contributed by atoms with van der Waals surface area (Å²) in [6.45, 7) is 2.57. The van der Waals surface area contributed by atoms with Crippen molar-refractivity contribution >= 4 is 11.9 Å². The highest BCUT2D eigenvalue weighted by Gasteiger charge is 2.29. The van der Waals surface area contributed by atoms with Crippen molar-refractivity contribution in [3.8, 4) is 0 Å². The normalized spacial score (nSPS) is 19.3. The van der Waals surface area contributed by atoms with Crippen LogP contribution in [0.4, 0.5) is 13.6 Å². The van der Waals surface area contributed by atoms with Crippen LogP contribution in [0.2, 0.25) is 0 Å². The van der Waals surface area contributed by atoms with Gasteiger partial charge in [0.2, 0.25) is 5.91 Å². The van der Waals surface area contributed by atoms with E-state index in [4.69, 9.17) is 5.73 Å². The molecule has 1 heterocycles. The van der Waals surface area contributed by atoms with E-state index < -0.39 is 23.7 Å². The maximum Gasteiger partial charge on any atom is 0.314 e. The summed E-state index contributed by atoms with van der Waals surface area (Å²) in [5.41, 5.74) is 5.38. The van der Waals surface area contributed by atoms with Crippen LogP contribution in [-0.4, -0.2) is 29.9 Å². The number of primary amides is 1. The molecule has 1 aromatic carbocycles. The second-order valence-electron chi connectivity index (χ2n) is 5.76. The zero-order valence-electron chi connectivity index (χ0n) is 13.0. The molecule has 2 atom stereocenters. The van der Waals surface area contributed by atoms with E-state index in [0.717, 1.165) is 18.2 Å². The molecule has 126 valence electrons. The number of rotatable bonds is 4. The highest BCUT2D eigenvalue weighted by atomic mass is 19.1. The molecular weight excluding hydrogens is 304 g/mol. The smallest absolute Gasteiger partial charge is 0.314 e. The van der Waals surface area contributed by atoms with Gasteiger partial charge in [-0.2, -0.15) is 0 Å². The Morgan fingerprint density at radius 3 is 2.83 bits per heavy atom. The first-order valence-electron chi connectivity index (χ1n) is 7.72. The summed E-state index contributed by atoms with van der Waals surface area (Å²) in [6.07, 6.45) is 1.75. The second kappa shape index (κ2) is 7.39. The number of piperidine rings is 1. The zero-order chi connectivity index (χ0) is 17.0. The molecular formula is C16H21F2N3O2. The van der Waals surface area contributed by atoms with E-state index in [1.54, 1.807) is 6.92 Å². The lowest BCUT2D eigenvalue weighted by Crippen LogP contribution is -2.47. The van der Waals surface area contributed by atoms with Gasteiger partial charge in [0.05, 0.1) is 12.0 Å². The van der Waals surface area contributed by atoms with Crippen LogP contribution in [0.15, 0.2) is 18.2 Å². The van der Waals surface area contributed by atoms with Crippen LogP contribution < -0.4 is 11.1 Å². The van der Waals surface area contributed by atoms with Crippen molar-refractivity contribution in [2.45, 2.75) is 32.2 Å². The molecule has 5 nitrogen and oxygen atoms in total. The summed E-state index contributed by atoms with van der Waals surface area (Å²) in [6, 6.07) is 2.03. The number of likely N-dealkylation sites (tertiary alicyclic amines) is 1. The van der Waals surface area contributed by atoms with Crippen molar-refractivity contribution in [1.29, 1.82) is 0 Å². The average molecular weight is 325 g/mol. The van der Waals surface area contributed by atoms with Crippen LogP contribution in [0.1, 0.15) is 37.8 Å². The highest BCUT2D eigenvalue weighted by Crippen LogP contribution is 2.23. The second-order valence-corrected chi connectivity index (χ2v) is 5.76. The molecule has 7 heteroatoms. The number of carbonyl (C=O) groups excluding carboxylic acids is 2. The van der Waals surface area contributed by atoms with Gasteiger partial charge in [0.15, 0.2) is 0 Å². The van der Waals surface area contributed by atoms with Crippen LogP contribution in [0.25, 0.3) is 0 Å². The van der Waals surface area contributed by atoms with Crippen LogP contribution in [-0.2, 0) is 4.79 Å². The SMILES string of the molecule is CC[C@H](NC(=O)[C@H]1CCCN(C(N)=O)C1)c1cc(F)ccc1F. The molecule has 0 unspecified atom stereocenters. The molecule has 1 saturated heterocycles. The molecule has 2 rings (SSSR count). The maximum atomic E-state index is 13.9. The van der Waals surface area contributed by atoms with Gasteiger partial charge in [-0.1, -0.05) is 6.92 Å². The van der Waals surface area contributed by atoms with Crippen LogP contribution in [0.5, 0.6) is 0 Å². The van der Waals surface area contributed by atoms with E-state index in [0.29, 0.717) is 25.8 Å². The van der Waals surface area contributed by atoms with Crippen molar-refractivity contribution in [2.75, 3.05) is 13.1 Å². The van der Waals surface area contributed by atoms with Crippen molar-refractivity contribution < 1.29 is 18.4 Å². The number of urea groups is 1. The van der Waals surface area contributed by atoms with Gasteiger partial charge in [-0.25, -0.2) is 13.6 Å². The van der Waals surface area contributed by atoms with Crippen LogP contribution in [0.3, 0.4) is 0 Å². The molecule has 1 aliphatic rings. The lowest BCUT2D eigenvalue weighted by Gasteiger charge is -2.31. The minimum absolute atomic E-state index is 0.128. The molecule has 0 bridgehead atoms. The number of nitrogens with one attached hydrogen (secondary N) is 1. The predicted octanol–water partition coefficient (Wildman–Crippen LogP) is 2.32. The number of halogens is 2. The number of hydrogen-bond acceptors (Lipinski definition) is 2. The van der Waals surface area contributed by atoms with Gasteiger partial charge < -0.3 is 16.0 Å². The molecule has 0 aromatic heterocycles. The molecule has 0 aliphatic carbocycles. The van der Waals surface area contributed by atoms with Gasteiger partial charge in [0.25, 0.3) is 0 Å². The third-order valence-corrected chi connectivity index (χ3v) is 4.16. The van der Waals surface area contributed by atoms with E-state index in [1.165, 1.54) is 4.90 Å². The van der Waals surface area contributed by atoms with E-state index in [9.17, 15) is 18.4 Å². The van der Waals surface area contributed by atoms with Gasteiger partial charge >= 0.3 is 6.03 Å². The number of carbonyl (C=O) groups is 2. The monoisotopic (exact) mass is 325 g/mol. The molecule has 0 saturated carbocycles. The Balaban J connectivity index is 2.07. The highest BCUT2D eigenvalue weighted by molar-refractivity contribution is 5.80. The van der Waals surface area contributed by atoms with E-state index in [2.05, 4.69) is 5.32 Å². The van der Waals surface area contributed by atoms with Crippen molar-refractivity contribution in [3.63, 3.8) is 0 Å². The van der Waals surface area contributed by atoms with Crippen LogP contribution >= 0.6 is 0 Å². The fourth-order valence-corrected chi connectivity index (χ4v) is 2.86. The summed E-state index contributed by atoms with van der Waals surface area (Å²) in [5, 5.41) is 2.76. The molecule has 0 radical (unpaired) electrons. The first-order chi connectivity index (χ1) is 10.9. The minimum atomic E-state index is -0.609. The summed E-state index contributed by atoms with van der Waals surface area (Å²) >= 11 is 0. The quantitative estimate of drug-likeness (QED) is 0.891. The Kier molecular flexibility index (Phi) is 5.52. The van der Waals surface area contributed by atoms with Crippen molar-refractivity contribution in [2.24, 2.45) is 11.7 Å². The van der Waals surface area contributed by atoms with Gasteiger partial charge in [-0.05, 0) is 37.5 Å². The Labute approximate surface area is 133 Å². The van der Waals surface area contributed by atoms with Crippen molar-refractivity contribution in [3.05, 3.63) is 35.4 Å². The fourth-order valence-electron chi connectivity index (χ4n) is 2.86. The largest absolute Gasteiger partial charge is 0.351 e. The molecule has 3 N–H and O–H groups in total. The van der Waals surface area contributed by atoms with Gasteiger partial charge in [-0.15, -0.1) is 0 Å². The lowest BCUT2D eigenvalue weighted by molar-refractivity contribution is -0.127. The topological polar surface area (TPSA) is 75.4 Å². The Hall–Kier alpha value is -2.18. The fraction of sp³-hybridized carbons (Fsp3) is 0.500. The molecule has 0 spiro atoms. The standard InChI is InChI=1S/C16H21F2N3O2/c1-2-14(12-8-11(17)5-6-13(12)18)20-15(22)10-4-3-7-21(9-10)16(19)23/h5-6,8,10,14H,2-4,7,9H2,1H3,(H2,19,23)(H,20,22)/t10-,14-/m0/s1. The minimum Gasteiger partial charge on any atom is -0.351 e. The molecule has 1 aliphatic heterocycles. The maximum absolute atomic E-state index is 13.9. The van der Waals surface area contributed by atoms with Gasteiger partial charge in [0, 0.05) is 18.7 Å². The first-order valence-corrected chi connectivity index (χ1v) is 7.72. The Morgan fingerprint density at radius 2 is 2.17 bits per heavy atom. The number of benzene rings is 1. The Bertz CT molecular complexity index is 595. The van der Waals surface area contributed by atoms with Gasteiger partial charge in [0.1, 0.15) is 11.6 Å². The summed E-state index contributed by atoms with van der Waals surface area (Å²) in [5.74, 6) is -1.76. The lowest BCUT2D eigenvalue weighted by atomic mass is 9.96. The Morgan fingerprint density at radius 1 is 1.43 bits per heavy atom. The number of hydrogen-bond donors (Lipinski definition) is 2. The van der Waals surface area contributed by atoms with E-state index >= 15 is 0 Å². The molecule has 1 fully saturated rings.